The van der Waals surface area contributed by atoms with Gasteiger partial charge in [-0.15, -0.1) is 0 Å². The van der Waals surface area contributed by atoms with Crippen molar-refractivity contribution in [3.05, 3.63) is 86.7 Å². The molecule has 3 aromatic rings. The lowest BCUT2D eigenvalue weighted by Gasteiger charge is -2.22. The summed E-state index contributed by atoms with van der Waals surface area (Å²) >= 11 is 0. The Hall–Kier alpha value is -4.33. The van der Waals surface area contributed by atoms with E-state index in [1.165, 1.54) is 19.9 Å². The monoisotopic (exact) mass is 565 g/mol. The number of carbonyl (C=O) groups is 2. The Morgan fingerprint density at radius 2 is 1.64 bits per heavy atom. The lowest BCUT2D eigenvalue weighted by Crippen LogP contribution is -2.50. The predicted octanol–water partition coefficient (Wildman–Crippen LogP) is 3.60. The van der Waals surface area contributed by atoms with Crippen LogP contribution in [-0.4, -0.2) is 42.2 Å². The molecule has 0 saturated heterocycles. The molecule has 0 aliphatic carbocycles. The van der Waals surface area contributed by atoms with E-state index in [4.69, 9.17) is 0 Å². The van der Waals surface area contributed by atoms with Gasteiger partial charge in [0.15, 0.2) is 0 Å². The highest BCUT2D eigenvalue weighted by Crippen LogP contribution is 2.27. The Kier molecular flexibility index (Phi) is 8.39. The first kappa shape index (κ1) is 29.2. The molecule has 2 N–H and O–H groups in total. The number of halogens is 3. The summed E-state index contributed by atoms with van der Waals surface area (Å²) in [6, 6.07) is 11.1. The molecule has 1 atom stereocenters. The van der Waals surface area contributed by atoms with Crippen LogP contribution in [0, 0.1) is 16.0 Å². The SMILES string of the molecule is CC(C)C(NC(=O)Cc1cc(-c2ccccc2)[nH]c(=O)c1S(=O)(=O)c1ccc([N+](=O)[O-])cc1)C(=O)C(F)(F)F. The first-order valence-electron chi connectivity index (χ1n) is 11.3. The van der Waals surface area contributed by atoms with Crippen molar-refractivity contribution >= 4 is 27.2 Å². The minimum atomic E-state index is -5.23. The van der Waals surface area contributed by atoms with Gasteiger partial charge in [-0.2, -0.15) is 13.2 Å². The maximum Gasteiger partial charge on any atom is 0.452 e. The van der Waals surface area contributed by atoms with Gasteiger partial charge < -0.3 is 10.3 Å². The molecule has 0 saturated carbocycles. The molecular formula is C25H22F3N3O7S. The van der Waals surface area contributed by atoms with Crippen molar-refractivity contribution in [2.75, 3.05) is 0 Å². The van der Waals surface area contributed by atoms with Crippen LogP contribution in [0.4, 0.5) is 18.9 Å². The number of nitrogens with one attached hydrogen (secondary N) is 2. The Balaban J connectivity index is 2.12. The van der Waals surface area contributed by atoms with Crippen LogP contribution in [0.25, 0.3) is 11.3 Å². The van der Waals surface area contributed by atoms with Gasteiger partial charge in [0.25, 0.3) is 17.0 Å². The van der Waals surface area contributed by atoms with E-state index in [0.717, 1.165) is 24.3 Å². The summed E-state index contributed by atoms with van der Waals surface area (Å²) in [4.78, 5) is 49.1. The van der Waals surface area contributed by atoms with E-state index in [1.807, 2.05) is 5.32 Å². The first-order valence-corrected chi connectivity index (χ1v) is 12.8. The molecule has 3 rings (SSSR count). The summed E-state index contributed by atoms with van der Waals surface area (Å²) in [6.07, 6.45) is -6.09. The van der Waals surface area contributed by atoms with Crippen molar-refractivity contribution in [3.8, 4) is 11.3 Å². The van der Waals surface area contributed by atoms with Gasteiger partial charge in [0.1, 0.15) is 4.90 Å². The number of hydrogen-bond donors (Lipinski definition) is 2. The number of H-pyrrole nitrogens is 1. The molecular weight excluding hydrogens is 543 g/mol. The third kappa shape index (κ3) is 6.57. The van der Waals surface area contributed by atoms with E-state index in [0.29, 0.717) is 5.56 Å². The molecule has 206 valence electrons. The molecule has 1 aromatic heterocycles. The number of hydrogen-bond acceptors (Lipinski definition) is 7. The van der Waals surface area contributed by atoms with Crippen LogP contribution in [0.15, 0.2) is 75.2 Å². The lowest BCUT2D eigenvalue weighted by molar-refractivity contribution is -0.384. The number of Topliss-reactive ketones (excluding diaryl/α,β-unsaturated/α-hetero) is 1. The molecule has 0 radical (unpaired) electrons. The average Bonchev–Trinajstić information content (AvgIpc) is 2.86. The topological polar surface area (TPSA) is 156 Å². The largest absolute Gasteiger partial charge is 0.452 e. The van der Waals surface area contributed by atoms with Crippen LogP contribution in [0.1, 0.15) is 19.4 Å². The van der Waals surface area contributed by atoms with Gasteiger partial charge in [-0.1, -0.05) is 44.2 Å². The fraction of sp³-hybridized carbons (Fsp3) is 0.240. The van der Waals surface area contributed by atoms with Gasteiger partial charge in [0.2, 0.25) is 15.7 Å². The molecule has 2 aromatic carbocycles. The molecule has 1 unspecified atom stereocenters. The minimum absolute atomic E-state index is 0.123. The quantitative estimate of drug-likeness (QED) is 0.297. The van der Waals surface area contributed by atoms with E-state index in [9.17, 15) is 46.1 Å². The summed E-state index contributed by atoms with van der Waals surface area (Å²) in [5.74, 6) is -4.26. The fourth-order valence-corrected chi connectivity index (χ4v) is 5.27. The summed E-state index contributed by atoms with van der Waals surface area (Å²) in [5.41, 5.74) is -1.31. The van der Waals surface area contributed by atoms with Crippen LogP contribution in [-0.2, 0) is 25.8 Å². The van der Waals surface area contributed by atoms with Crippen LogP contribution < -0.4 is 10.9 Å². The second-order valence-corrected chi connectivity index (χ2v) is 10.7. The van der Waals surface area contributed by atoms with Gasteiger partial charge in [0, 0.05) is 17.8 Å². The Morgan fingerprint density at radius 3 is 2.15 bits per heavy atom. The highest BCUT2D eigenvalue weighted by atomic mass is 32.2. The second-order valence-electron chi connectivity index (χ2n) is 8.81. The molecule has 0 fully saturated rings. The Labute approximate surface area is 219 Å². The summed E-state index contributed by atoms with van der Waals surface area (Å²) in [5, 5.41) is 12.9. The fourth-order valence-electron chi connectivity index (χ4n) is 3.77. The number of aromatic nitrogens is 1. The smallest absolute Gasteiger partial charge is 0.345 e. The maximum atomic E-state index is 13.4. The molecule has 0 bridgehead atoms. The van der Waals surface area contributed by atoms with Gasteiger partial charge in [-0.25, -0.2) is 8.42 Å². The van der Waals surface area contributed by atoms with Crippen LogP contribution in [0.2, 0.25) is 0 Å². The highest BCUT2D eigenvalue weighted by Gasteiger charge is 2.45. The zero-order valence-corrected chi connectivity index (χ0v) is 21.3. The molecule has 14 heteroatoms. The third-order valence-electron chi connectivity index (χ3n) is 5.67. The predicted molar refractivity (Wildman–Crippen MR) is 133 cm³/mol. The number of ketones is 1. The van der Waals surface area contributed by atoms with E-state index in [1.54, 1.807) is 30.3 Å². The lowest BCUT2D eigenvalue weighted by atomic mass is 9.99. The maximum absolute atomic E-state index is 13.4. The first-order chi connectivity index (χ1) is 18.1. The zero-order chi connectivity index (χ0) is 29.1. The number of pyridine rings is 1. The Bertz CT molecular complexity index is 1570. The second kappa shape index (κ2) is 11.2. The van der Waals surface area contributed by atoms with Crippen LogP contribution in [0.3, 0.4) is 0 Å². The van der Waals surface area contributed by atoms with E-state index in [2.05, 4.69) is 4.98 Å². The molecule has 1 amide bonds. The van der Waals surface area contributed by atoms with Crippen molar-refractivity contribution in [1.29, 1.82) is 0 Å². The zero-order valence-electron chi connectivity index (χ0n) is 20.5. The highest BCUT2D eigenvalue weighted by molar-refractivity contribution is 7.91. The summed E-state index contributed by atoms with van der Waals surface area (Å²) < 4.78 is 66.0. The van der Waals surface area contributed by atoms with Crippen LogP contribution in [0.5, 0.6) is 0 Å². The van der Waals surface area contributed by atoms with E-state index < -0.39 is 72.0 Å². The number of benzene rings is 2. The number of nitro benzene ring substituents is 1. The summed E-state index contributed by atoms with van der Waals surface area (Å²) in [6.45, 7) is 2.58. The van der Waals surface area contributed by atoms with E-state index in [-0.39, 0.29) is 11.3 Å². The number of carbonyl (C=O) groups excluding carboxylic acids is 2. The van der Waals surface area contributed by atoms with Gasteiger partial charge in [0.05, 0.1) is 22.3 Å². The van der Waals surface area contributed by atoms with Crippen molar-refractivity contribution in [2.24, 2.45) is 5.92 Å². The minimum Gasteiger partial charge on any atom is -0.345 e. The van der Waals surface area contributed by atoms with Crippen molar-refractivity contribution in [3.63, 3.8) is 0 Å². The van der Waals surface area contributed by atoms with E-state index >= 15 is 0 Å². The number of amides is 1. The number of nitrogens with zero attached hydrogens (tertiary/aromatic N) is 1. The standard InChI is InChI=1S/C25H22F3N3O7S/c1-14(2)21(23(33)25(26,27)28)30-20(32)13-16-12-19(15-6-4-3-5-7-15)29-24(34)22(16)39(37,38)18-10-8-17(9-11-18)31(35)36/h3-12,14,21H,13H2,1-2H3,(H,29,34)(H,30,32). The molecule has 0 spiro atoms. The number of nitro groups is 1. The van der Waals surface area contributed by atoms with Crippen molar-refractivity contribution in [1.82, 2.24) is 10.3 Å². The van der Waals surface area contributed by atoms with Crippen molar-refractivity contribution < 1.29 is 36.1 Å². The molecule has 0 aliphatic heterocycles. The number of aromatic amines is 1. The molecule has 39 heavy (non-hydrogen) atoms. The van der Waals surface area contributed by atoms with Gasteiger partial charge in [-0.3, -0.25) is 24.5 Å². The Morgan fingerprint density at radius 1 is 1.05 bits per heavy atom. The summed E-state index contributed by atoms with van der Waals surface area (Å²) in [7, 11) is -4.66. The number of sulfone groups is 1. The molecule has 1 heterocycles. The van der Waals surface area contributed by atoms with Gasteiger partial charge in [-0.05, 0) is 35.2 Å². The molecule has 0 aliphatic rings. The van der Waals surface area contributed by atoms with Crippen molar-refractivity contribution in [2.45, 2.75) is 42.3 Å². The number of non-ortho nitro benzene ring substituents is 1. The normalized spacial score (nSPS) is 12.7. The van der Waals surface area contributed by atoms with Gasteiger partial charge >= 0.3 is 6.18 Å². The van der Waals surface area contributed by atoms with Crippen LogP contribution >= 0.6 is 0 Å². The third-order valence-corrected chi connectivity index (χ3v) is 7.55. The molecule has 10 nitrogen and oxygen atoms in total. The average molecular weight is 566 g/mol. The number of rotatable bonds is 9. The number of alkyl halides is 3.